The highest BCUT2D eigenvalue weighted by Crippen LogP contribution is 2.44. The van der Waals surface area contributed by atoms with Crippen LogP contribution >= 0.6 is 11.8 Å². The normalized spacial score (nSPS) is 14.5. The number of nitrogens with one attached hydrogen (secondary N) is 1. The van der Waals surface area contributed by atoms with Crippen molar-refractivity contribution in [3.8, 4) is 22.4 Å². The lowest BCUT2D eigenvalue weighted by atomic mass is 9.98. The molecule has 1 aliphatic carbocycles. The third-order valence-corrected chi connectivity index (χ3v) is 7.92. The molecule has 37 heavy (non-hydrogen) atoms. The summed E-state index contributed by atoms with van der Waals surface area (Å²) in [5.74, 6) is -0.322. The molecule has 1 aromatic heterocycles. The van der Waals surface area contributed by atoms with Crippen molar-refractivity contribution in [3.63, 3.8) is 0 Å². The van der Waals surface area contributed by atoms with E-state index in [4.69, 9.17) is 9.72 Å². The van der Waals surface area contributed by atoms with E-state index in [0.717, 1.165) is 56.7 Å². The van der Waals surface area contributed by atoms with E-state index in [1.165, 1.54) is 0 Å². The number of alkyl carbamates (subject to hydrolysis) is 1. The lowest BCUT2D eigenvalue weighted by Crippen LogP contribution is -2.43. The number of hydrogen-bond donors (Lipinski definition) is 2. The Hall–Kier alpha value is -4.04. The number of ether oxygens (including phenoxy) is 1. The molecule has 4 aromatic rings. The molecule has 0 saturated heterocycles. The van der Waals surface area contributed by atoms with Gasteiger partial charge in [0.15, 0.2) is 5.16 Å². The molecule has 1 amide bonds. The lowest BCUT2D eigenvalue weighted by molar-refractivity contribution is -0.139. The van der Waals surface area contributed by atoms with E-state index < -0.39 is 18.1 Å². The Labute approximate surface area is 218 Å². The standard InChI is InChI=1S/C29H25N3O4S/c33-27(34)24(16-25-26(18-8-2-1-3-9-18)31-28-32(25)14-15-37-28)30-29(35)36-17-23-21-12-6-4-10-19(21)20-11-5-7-13-22(20)23/h1-13,23-24H,14-17H2,(H,30,35)(H,33,34). The summed E-state index contributed by atoms with van der Waals surface area (Å²) in [6.45, 7) is 0.882. The molecule has 1 unspecified atom stereocenters. The summed E-state index contributed by atoms with van der Waals surface area (Å²) in [6, 6.07) is 24.7. The molecule has 3 aromatic carbocycles. The maximum absolute atomic E-state index is 12.8. The Morgan fingerprint density at radius 3 is 2.32 bits per heavy atom. The predicted molar refractivity (Wildman–Crippen MR) is 142 cm³/mol. The van der Waals surface area contributed by atoms with Crippen LogP contribution in [0.5, 0.6) is 0 Å². The first-order chi connectivity index (χ1) is 18.1. The number of fused-ring (bicyclic) bond motifs is 4. The molecular weight excluding hydrogens is 486 g/mol. The minimum absolute atomic E-state index is 0.0961. The molecule has 2 aliphatic rings. The Morgan fingerprint density at radius 2 is 1.65 bits per heavy atom. The first-order valence-corrected chi connectivity index (χ1v) is 13.2. The van der Waals surface area contributed by atoms with Gasteiger partial charge in [0.05, 0.1) is 5.69 Å². The molecule has 2 heterocycles. The number of aromatic nitrogens is 2. The Bertz CT molecular complexity index is 1440. The third kappa shape index (κ3) is 4.38. The highest BCUT2D eigenvalue weighted by Gasteiger charge is 2.31. The number of benzene rings is 3. The van der Waals surface area contributed by atoms with Crippen LogP contribution in [0.3, 0.4) is 0 Å². The van der Waals surface area contributed by atoms with Crippen LogP contribution in [0.1, 0.15) is 22.7 Å². The predicted octanol–water partition coefficient (Wildman–Crippen LogP) is 5.19. The Balaban J connectivity index is 1.19. The van der Waals surface area contributed by atoms with Crippen LogP contribution in [0, 0.1) is 0 Å². The molecule has 0 saturated carbocycles. The van der Waals surface area contributed by atoms with E-state index in [-0.39, 0.29) is 18.9 Å². The van der Waals surface area contributed by atoms with Crippen LogP contribution in [0.2, 0.25) is 0 Å². The molecule has 6 rings (SSSR count). The molecule has 0 radical (unpaired) electrons. The Morgan fingerprint density at radius 1 is 1.00 bits per heavy atom. The topological polar surface area (TPSA) is 93.5 Å². The maximum Gasteiger partial charge on any atom is 0.407 e. The summed E-state index contributed by atoms with van der Waals surface area (Å²) in [5.41, 5.74) is 6.95. The minimum Gasteiger partial charge on any atom is -0.480 e. The molecule has 0 spiro atoms. The number of nitrogens with zero attached hydrogens (tertiary/aromatic N) is 2. The van der Waals surface area contributed by atoms with E-state index in [0.29, 0.717) is 0 Å². The lowest BCUT2D eigenvalue weighted by Gasteiger charge is -2.18. The average Bonchev–Trinajstić information content (AvgIpc) is 3.60. The van der Waals surface area contributed by atoms with Gasteiger partial charge >= 0.3 is 12.1 Å². The van der Waals surface area contributed by atoms with Crippen molar-refractivity contribution < 1.29 is 19.4 Å². The maximum atomic E-state index is 12.8. The largest absolute Gasteiger partial charge is 0.480 e. The first kappa shape index (κ1) is 23.4. The number of carbonyl (C=O) groups excluding carboxylic acids is 1. The molecule has 0 bridgehead atoms. The highest BCUT2D eigenvalue weighted by atomic mass is 32.2. The second-order valence-corrected chi connectivity index (χ2v) is 10.2. The molecular formula is C29H25N3O4S. The van der Waals surface area contributed by atoms with Crippen molar-refractivity contribution in [3.05, 3.63) is 95.7 Å². The van der Waals surface area contributed by atoms with Crippen LogP contribution in [-0.4, -0.2) is 45.1 Å². The van der Waals surface area contributed by atoms with Crippen LogP contribution in [0.15, 0.2) is 84.0 Å². The zero-order valence-electron chi connectivity index (χ0n) is 20.0. The van der Waals surface area contributed by atoms with E-state index in [1.54, 1.807) is 11.8 Å². The van der Waals surface area contributed by atoms with Gasteiger partial charge in [0.2, 0.25) is 0 Å². The van der Waals surface area contributed by atoms with E-state index in [2.05, 4.69) is 22.0 Å². The molecule has 0 fully saturated rings. The van der Waals surface area contributed by atoms with Gasteiger partial charge in [-0.25, -0.2) is 14.6 Å². The Kier molecular flexibility index (Phi) is 6.18. The molecule has 2 N–H and O–H groups in total. The van der Waals surface area contributed by atoms with Crippen molar-refractivity contribution in [1.82, 2.24) is 14.9 Å². The summed E-state index contributed by atoms with van der Waals surface area (Å²) in [5, 5.41) is 13.4. The van der Waals surface area contributed by atoms with Gasteiger partial charge in [-0.1, -0.05) is 90.6 Å². The number of hydrogen-bond acceptors (Lipinski definition) is 5. The number of carboxylic acid groups (broad SMARTS) is 1. The molecule has 186 valence electrons. The van der Waals surface area contributed by atoms with Gasteiger partial charge < -0.3 is 19.7 Å². The fourth-order valence-electron chi connectivity index (χ4n) is 5.24. The van der Waals surface area contributed by atoms with Gasteiger partial charge in [-0.15, -0.1) is 0 Å². The van der Waals surface area contributed by atoms with Gasteiger partial charge in [-0.05, 0) is 22.3 Å². The van der Waals surface area contributed by atoms with Crippen LogP contribution in [0.4, 0.5) is 4.79 Å². The zero-order chi connectivity index (χ0) is 25.4. The highest BCUT2D eigenvalue weighted by molar-refractivity contribution is 7.99. The van der Waals surface area contributed by atoms with Gasteiger partial charge in [0.25, 0.3) is 0 Å². The summed E-state index contributed by atoms with van der Waals surface area (Å²) < 4.78 is 7.66. The van der Waals surface area contributed by atoms with E-state index in [9.17, 15) is 14.7 Å². The summed E-state index contributed by atoms with van der Waals surface area (Å²) in [7, 11) is 0. The van der Waals surface area contributed by atoms with Gasteiger partial charge in [0, 0.05) is 35.9 Å². The second kappa shape index (κ2) is 9.78. The second-order valence-electron chi connectivity index (χ2n) is 9.12. The first-order valence-electron chi connectivity index (χ1n) is 12.2. The molecule has 8 heteroatoms. The number of rotatable bonds is 7. The van der Waals surface area contributed by atoms with Crippen molar-refractivity contribution >= 4 is 23.8 Å². The van der Waals surface area contributed by atoms with E-state index >= 15 is 0 Å². The van der Waals surface area contributed by atoms with Crippen molar-refractivity contribution in [1.29, 1.82) is 0 Å². The fraction of sp³-hybridized carbons (Fsp3) is 0.207. The monoisotopic (exact) mass is 511 g/mol. The number of imidazole rings is 1. The zero-order valence-corrected chi connectivity index (χ0v) is 20.8. The molecule has 1 aliphatic heterocycles. The average molecular weight is 512 g/mol. The van der Waals surface area contributed by atoms with Crippen LogP contribution in [0.25, 0.3) is 22.4 Å². The number of carboxylic acids is 1. The summed E-state index contributed by atoms with van der Waals surface area (Å²) in [4.78, 5) is 29.8. The fourth-order valence-corrected chi connectivity index (χ4v) is 6.21. The third-order valence-electron chi connectivity index (χ3n) is 6.96. The summed E-state index contributed by atoms with van der Waals surface area (Å²) in [6.07, 6.45) is -0.636. The molecule has 7 nitrogen and oxygen atoms in total. The van der Waals surface area contributed by atoms with Crippen molar-refractivity contribution in [2.45, 2.75) is 30.1 Å². The van der Waals surface area contributed by atoms with Crippen LogP contribution < -0.4 is 5.32 Å². The number of amides is 1. The quantitative estimate of drug-likeness (QED) is 0.355. The SMILES string of the molecule is O=C(NC(Cc1c(-c2ccccc2)nc2n1CCS2)C(=O)O)OCC1c2ccccc2-c2ccccc21. The molecule has 1 atom stereocenters. The van der Waals surface area contributed by atoms with Crippen molar-refractivity contribution in [2.75, 3.05) is 12.4 Å². The number of carbonyl (C=O) groups is 2. The van der Waals surface area contributed by atoms with Gasteiger partial charge in [-0.2, -0.15) is 0 Å². The van der Waals surface area contributed by atoms with Gasteiger partial charge in [-0.3, -0.25) is 0 Å². The van der Waals surface area contributed by atoms with Crippen molar-refractivity contribution in [2.24, 2.45) is 0 Å². The summed E-state index contributed by atoms with van der Waals surface area (Å²) >= 11 is 1.65. The van der Waals surface area contributed by atoms with Gasteiger partial charge in [0.1, 0.15) is 12.6 Å². The van der Waals surface area contributed by atoms with E-state index in [1.807, 2.05) is 66.7 Å². The smallest absolute Gasteiger partial charge is 0.407 e. The number of thioether (sulfide) groups is 1. The van der Waals surface area contributed by atoms with Crippen LogP contribution in [-0.2, 0) is 22.5 Å². The minimum atomic E-state index is -1.15. The number of aliphatic carboxylic acids is 1.